The Morgan fingerprint density at radius 3 is 2.78 bits per heavy atom. The molecular weight excluding hydrogens is 244 g/mol. The predicted molar refractivity (Wildman–Crippen MR) is 79.4 cm³/mol. The van der Waals surface area contributed by atoms with Crippen molar-refractivity contribution in [3.8, 4) is 0 Å². The fourth-order valence-electron chi connectivity index (χ4n) is 2.72. The first kappa shape index (κ1) is 13.7. The number of piperidine rings is 1. The van der Waals surface area contributed by atoms with Crippen molar-refractivity contribution in [1.29, 1.82) is 0 Å². The van der Waals surface area contributed by atoms with Crippen molar-refractivity contribution >= 4 is 17.3 Å². The Hall–Kier alpha value is -0.730. The minimum atomic E-state index is 0.609. The van der Waals surface area contributed by atoms with Gasteiger partial charge in [-0.1, -0.05) is 24.6 Å². The van der Waals surface area contributed by atoms with Crippen molar-refractivity contribution in [2.75, 3.05) is 18.0 Å². The molecule has 2 rings (SSSR count). The first-order valence-electron chi connectivity index (χ1n) is 6.87. The van der Waals surface area contributed by atoms with E-state index in [-0.39, 0.29) is 0 Å². The first-order valence-corrected chi connectivity index (χ1v) is 7.24. The van der Waals surface area contributed by atoms with E-state index in [2.05, 4.69) is 36.9 Å². The minimum absolute atomic E-state index is 0.609. The van der Waals surface area contributed by atoms with Crippen LogP contribution in [-0.4, -0.2) is 19.1 Å². The lowest BCUT2D eigenvalue weighted by molar-refractivity contribution is 0.390. The van der Waals surface area contributed by atoms with Crippen LogP contribution < -0.4 is 10.6 Å². The van der Waals surface area contributed by atoms with Crippen LogP contribution in [-0.2, 0) is 6.42 Å². The number of hydrogen-bond acceptors (Lipinski definition) is 2. The first-order chi connectivity index (χ1) is 8.61. The van der Waals surface area contributed by atoms with Crippen molar-refractivity contribution in [2.45, 2.75) is 39.2 Å². The molecule has 2 N–H and O–H groups in total. The molecule has 1 aliphatic rings. The van der Waals surface area contributed by atoms with Crippen LogP contribution >= 0.6 is 11.6 Å². The van der Waals surface area contributed by atoms with Gasteiger partial charge in [0.15, 0.2) is 0 Å². The standard InChI is InChI=1S/C15H23ClN2/c1-11-3-4-12(2)18(10-11)14-6-5-13(7-8-17)15(16)9-14/h5-6,9,11-12H,3-4,7-8,10,17H2,1-2H3. The summed E-state index contributed by atoms with van der Waals surface area (Å²) in [4.78, 5) is 2.48. The van der Waals surface area contributed by atoms with E-state index in [0.717, 1.165) is 29.5 Å². The molecule has 100 valence electrons. The van der Waals surface area contributed by atoms with Gasteiger partial charge >= 0.3 is 0 Å². The van der Waals surface area contributed by atoms with Crippen LogP contribution in [0.3, 0.4) is 0 Å². The van der Waals surface area contributed by atoms with E-state index in [0.29, 0.717) is 12.6 Å². The highest BCUT2D eigenvalue weighted by atomic mass is 35.5. The zero-order valence-corrected chi connectivity index (χ0v) is 12.1. The Morgan fingerprint density at radius 2 is 2.11 bits per heavy atom. The van der Waals surface area contributed by atoms with E-state index in [4.69, 9.17) is 17.3 Å². The molecule has 18 heavy (non-hydrogen) atoms. The molecular formula is C15H23ClN2. The number of rotatable bonds is 3. The summed E-state index contributed by atoms with van der Waals surface area (Å²) in [6, 6.07) is 7.01. The van der Waals surface area contributed by atoms with Crippen LogP contribution in [0.2, 0.25) is 5.02 Å². The van der Waals surface area contributed by atoms with E-state index in [1.54, 1.807) is 0 Å². The molecule has 1 saturated heterocycles. The molecule has 0 bridgehead atoms. The molecule has 0 saturated carbocycles. The van der Waals surface area contributed by atoms with E-state index >= 15 is 0 Å². The maximum Gasteiger partial charge on any atom is 0.0459 e. The van der Waals surface area contributed by atoms with Gasteiger partial charge in [0.1, 0.15) is 0 Å². The monoisotopic (exact) mass is 266 g/mol. The Morgan fingerprint density at radius 1 is 1.33 bits per heavy atom. The van der Waals surface area contributed by atoms with Gasteiger partial charge in [-0.05, 0) is 56.3 Å². The lowest BCUT2D eigenvalue weighted by atomic mass is 9.94. The molecule has 0 aliphatic carbocycles. The van der Waals surface area contributed by atoms with Crippen molar-refractivity contribution in [3.63, 3.8) is 0 Å². The zero-order valence-electron chi connectivity index (χ0n) is 11.3. The quantitative estimate of drug-likeness (QED) is 0.908. The van der Waals surface area contributed by atoms with Crippen LogP contribution in [0.5, 0.6) is 0 Å². The fraction of sp³-hybridized carbons (Fsp3) is 0.600. The largest absolute Gasteiger partial charge is 0.369 e. The summed E-state index contributed by atoms with van der Waals surface area (Å²) in [7, 11) is 0. The zero-order chi connectivity index (χ0) is 13.1. The average molecular weight is 267 g/mol. The minimum Gasteiger partial charge on any atom is -0.369 e. The van der Waals surface area contributed by atoms with Crippen LogP contribution in [0.25, 0.3) is 0 Å². The van der Waals surface area contributed by atoms with Crippen molar-refractivity contribution in [2.24, 2.45) is 11.7 Å². The molecule has 3 heteroatoms. The molecule has 1 heterocycles. The number of halogens is 1. The van der Waals surface area contributed by atoms with Crippen LogP contribution in [0.4, 0.5) is 5.69 Å². The van der Waals surface area contributed by atoms with Gasteiger partial charge in [-0.2, -0.15) is 0 Å². The van der Waals surface area contributed by atoms with Gasteiger partial charge < -0.3 is 10.6 Å². The Balaban J connectivity index is 2.19. The lowest BCUT2D eigenvalue weighted by Crippen LogP contribution is -2.41. The molecule has 2 unspecified atom stereocenters. The number of anilines is 1. The van der Waals surface area contributed by atoms with Crippen molar-refractivity contribution < 1.29 is 0 Å². The molecule has 0 radical (unpaired) electrons. The summed E-state index contributed by atoms with van der Waals surface area (Å²) in [5.41, 5.74) is 7.98. The van der Waals surface area contributed by atoms with Gasteiger partial charge in [0.25, 0.3) is 0 Å². The molecule has 1 aromatic carbocycles. The van der Waals surface area contributed by atoms with Crippen molar-refractivity contribution in [1.82, 2.24) is 0 Å². The van der Waals surface area contributed by atoms with Crippen molar-refractivity contribution in [3.05, 3.63) is 28.8 Å². The third-order valence-corrected chi connectivity index (χ3v) is 4.25. The fourth-order valence-corrected chi connectivity index (χ4v) is 2.99. The summed E-state index contributed by atoms with van der Waals surface area (Å²) < 4.78 is 0. The van der Waals surface area contributed by atoms with E-state index in [9.17, 15) is 0 Å². The summed E-state index contributed by atoms with van der Waals surface area (Å²) >= 11 is 6.33. The molecule has 2 atom stereocenters. The molecule has 1 aromatic rings. The van der Waals surface area contributed by atoms with Crippen LogP contribution in [0, 0.1) is 5.92 Å². The van der Waals surface area contributed by atoms with E-state index < -0.39 is 0 Å². The third kappa shape index (κ3) is 2.99. The topological polar surface area (TPSA) is 29.3 Å². The van der Waals surface area contributed by atoms with E-state index in [1.807, 2.05) is 0 Å². The highest BCUT2D eigenvalue weighted by Gasteiger charge is 2.23. The smallest absolute Gasteiger partial charge is 0.0459 e. The van der Waals surface area contributed by atoms with Crippen LogP contribution in [0.15, 0.2) is 18.2 Å². The second-order valence-corrected chi connectivity index (χ2v) is 5.91. The molecule has 1 aliphatic heterocycles. The molecule has 0 spiro atoms. The van der Waals surface area contributed by atoms with E-state index in [1.165, 1.54) is 18.5 Å². The van der Waals surface area contributed by atoms with Gasteiger partial charge in [0.2, 0.25) is 0 Å². The highest BCUT2D eigenvalue weighted by molar-refractivity contribution is 6.31. The van der Waals surface area contributed by atoms with Gasteiger partial charge in [0.05, 0.1) is 0 Å². The normalized spacial score (nSPS) is 24.3. The second kappa shape index (κ2) is 5.94. The SMILES string of the molecule is CC1CCC(C)N(c2ccc(CCN)c(Cl)c2)C1. The average Bonchev–Trinajstić information content (AvgIpc) is 2.35. The van der Waals surface area contributed by atoms with Gasteiger partial charge in [0, 0.05) is 23.3 Å². The maximum atomic E-state index is 6.33. The number of hydrogen-bond donors (Lipinski definition) is 1. The summed E-state index contributed by atoms with van der Waals surface area (Å²) in [5.74, 6) is 0.767. The molecule has 0 amide bonds. The highest BCUT2D eigenvalue weighted by Crippen LogP contribution is 2.30. The molecule has 0 aromatic heterocycles. The maximum absolute atomic E-state index is 6.33. The third-order valence-electron chi connectivity index (χ3n) is 3.90. The van der Waals surface area contributed by atoms with Gasteiger partial charge in [-0.25, -0.2) is 0 Å². The second-order valence-electron chi connectivity index (χ2n) is 5.50. The predicted octanol–water partition coefficient (Wildman–Crippen LogP) is 3.47. The Labute approximate surface area is 115 Å². The number of nitrogens with two attached hydrogens (primary N) is 1. The Bertz CT molecular complexity index is 405. The van der Waals surface area contributed by atoms with Gasteiger partial charge in [-0.3, -0.25) is 0 Å². The summed E-state index contributed by atoms with van der Waals surface area (Å²) in [5, 5.41) is 0.850. The van der Waals surface area contributed by atoms with Gasteiger partial charge in [-0.15, -0.1) is 0 Å². The lowest BCUT2D eigenvalue weighted by Gasteiger charge is -2.38. The molecule has 1 fully saturated rings. The van der Waals surface area contributed by atoms with Crippen LogP contribution in [0.1, 0.15) is 32.3 Å². The summed E-state index contributed by atoms with van der Waals surface area (Å²) in [6.45, 7) is 6.40. The number of benzene rings is 1. The molecule has 2 nitrogen and oxygen atoms in total. The summed E-state index contributed by atoms with van der Waals surface area (Å²) in [6.07, 6.45) is 3.45. The number of nitrogens with zero attached hydrogens (tertiary/aromatic N) is 1. The Kier molecular flexibility index (Phi) is 4.52.